The zero-order valence-corrected chi connectivity index (χ0v) is 11.8. The van der Waals surface area contributed by atoms with Crippen molar-refractivity contribution in [2.75, 3.05) is 7.05 Å². The van der Waals surface area contributed by atoms with E-state index in [-0.39, 0.29) is 5.82 Å². The van der Waals surface area contributed by atoms with Crippen LogP contribution in [-0.2, 0) is 0 Å². The summed E-state index contributed by atoms with van der Waals surface area (Å²) in [5.41, 5.74) is 4.74. The fraction of sp³-hybridized carbons (Fsp3) is 0.235. The van der Waals surface area contributed by atoms with Crippen molar-refractivity contribution in [3.05, 3.63) is 66.0 Å². The van der Waals surface area contributed by atoms with E-state index in [1.807, 2.05) is 6.92 Å². The van der Waals surface area contributed by atoms with Crippen LogP contribution in [0.25, 0.3) is 5.57 Å². The average Bonchev–Trinajstić information content (AvgIpc) is 2.44. The summed E-state index contributed by atoms with van der Waals surface area (Å²) in [6, 6.07) is 6.35. The van der Waals surface area contributed by atoms with Gasteiger partial charge in [0.05, 0.1) is 0 Å². The predicted octanol–water partition coefficient (Wildman–Crippen LogP) is 4.82. The number of nitrogens with zero attached hydrogens (tertiary/aromatic N) is 1. The Morgan fingerprint density at radius 1 is 1.32 bits per heavy atom. The van der Waals surface area contributed by atoms with E-state index in [0.717, 1.165) is 34.4 Å². The van der Waals surface area contributed by atoms with Gasteiger partial charge in [-0.2, -0.15) is 0 Å². The number of hydrogen-bond donors (Lipinski definition) is 0. The van der Waals surface area contributed by atoms with Crippen molar-refractivity contribution < 1.29 is 4.39 Å². The largest absolute Gasteiger partial charge is 0.292 e. The van der Waals surface area contributed by atoms with Crippen LogP contribution in [-0.4, -0.2) is 12.8 Å². The van der Waals surface area contributed by atoms with Crippen LogP contribution < -0.4 is 0 Å². The Morgan fingerprint density at radius 3 is 2.32 bits per heavy atom. The van der Waals surface area contributed by atoms with Crippen LogP contribution in [0.1, 0.15) is 25.8 Å². The summed E-state index contributed by atoms with van der Waals surface area (Å²) >= 11 is 0. The second-order valence-corrected chi connectivity index (χ2v) is 4.27. The molecule has 0 radical (unpaired) electrons. The van der Waals surface area contributed by atoms with Crippen molar-refractivity contribution in [3.8, 4) is 0 Å². The lowest BCUT2D eigenvalue weighted by atomic mass is 9.91. The normalized spacial score (nSPS) is 12.9. The van der Waals surface area contributed by atoms with Gasteiger partial charge in [-0.25, -0.2) is 4.39 Å². The van der Waals surface area contributed by atoms with Gasteiger partial charge in [-0.05, 0) is 42.2 Å². The molecule has 19 heavy (non-hydrogen) atoms. The highest BCUT2D eigenvalue weighted by Crippen LogP contribution is 2.27. The Kier molecular flexibility index (Phi) is 5.43. The fourth-order valence-electron chi connectivity index (χ4n) is 1.98. The van der Waals surface area contributed by atoms with Crippen LogP contribution in [0.3, 0.4) is 0 Å². The van der Waals surface area contributed by atoms with Crippen LogP contribution >= 0.6 is 0 Å². The highest BCUT2D eigenvalue weighted by Gasteiger charge is 2.13. The first-order valence-electron chi connectivity index (χ1n) is 6.29. The third-order valence-corrected chi connectivity index (χ3v) is 3.09. The van der Waals surface area contributed by atoms with Gasteiger partial charge in [-0.3, -0.25) is 4.99 Å². The van der Waals surface area contributed by atoms with Crippen LogP contribution in [0.2, 0.25) is 0 Å². The topological polar surface area (TPSA) is 12.4 Å². The first-order valence-corrected chi connectivity index (χ1v) is 6.29. The molecular formula is C17H20FN. The lowest BCUT2D eigenvalue weighted by Gasteiger charge is -2.15. The number of rotatable bonds is 5. The molecule has 0 bridgehead atoms. The molecule has 0 saturated heterocycles. The molecule has 1 rings (SSSR count). The summed E-state index contributed by atoms with van der Waals surface area (Å²) in [7, 11) is 1.77. The molecule has 100 valence electrons. The third-order valence-electron chi connectivity index (χ3n) is 3.09. The average molecular weight is 257 g/mol. The molecule has 0 spiro atoms. The summed E-state index contributed by atoms with van der Waals surface area (Å²) < 4.78 is 13.0. The molecule has 0 N–H and O–H groups in total. The Bertz CT molecular complexity index is 533. The van der Waals surface area contributed by atoms with Gasteiger partial charge < -0.3 is 0 Å². The van der Waals surface area contributed by atoms with E-state index in [0.29, 0.717) is 0 Å². The van der Waals surface area contributed by atoms with Gasteiger partial charge in [-0.15, -0.1) is 0 Å². The standard InChI is InChI=1S/C17H20FN/c1-6-12(3)17(16(7-2)19-5)13(4)14-8-10-15(18)11-9-14/h6,8-11H,1,4,7H2,2-3,5H3/b17-12+,19-16?. The van der Waals surface area contributed by atoms with Crippen molar-refractivity contribution >= 4 is 11.3 Å². The second kappa shape index (κ2) is 6.83. The van der Waals surface area contributed by atoms with E-state index in [1.54, 1.807) is 25.3 Å². The van der Waals surface area contributed by atoms with Gasteiger partial charge >= 0.3 is 0 Å². The van der Waals surface area contributed by atoms with Crippen LogP contribution in [0.15, 0.2) is 59.6 Å². The minimum atomic E-state index is -0.248. The molecule has 0 saturated carbocycles. The molecule has 1 aromatic rings. The van der Waals surface area contributed by atoms with E-state index < -0.39 is 0 Å². The number of hydrogen-bond acceptors (Lipinski definition) is 1. The maximum Gasteiger partial charge on any atom is 0.123 e. The van der Waals surface area contributed by atoms with Gasteiger partial charge in [0.2, 0.25) is 0 Å². The van der Waals surface area contributed by atoms with Crippen LogP contribution in [0, 0.1) is 5.82 Å². The number of allylic oxidation sites excluding steroid dienone is 4. The van der Waals surface area contributed by atoms with Gasteiger partial charge in [0, 0.05) is 18.3 Å². The molecule has 0 aromatic heterocycles. The Balaban J connectivity index is 3.31. The van der Waals surface area contributed by atoms with E-state index in [1.165, 1.54) is 12.1 Å². The number of aliphatic imine (C=N–C) groups is 1. The van der Waals surface area contributed by atoms with E-state index in [2.05, 4.69) is 25.1 Å². The zero-order valence-electron chi connectivity index (χ0n) is 11.8. The van der Waals surface area contributed by atoms with Gasteiger partial charge in [0.15, 0.2) is 0 Å². The van der Waals surface area contributed by atoms with E-state index >= 15 is 0 Å². The first-order chi connectivity index (χ1) is 9.04. The molecule has 0 aliphatic heterocycles. The maximum atomic E-state index is 13.0. The monoisotopic (exact) mass is 257 g/mol. The molecule has 0 fully saturated rings. The SMILES string of the molecule is C=C/C(C)=C(\C(=C)c1ccc(F)cc1)C(CC)=NC. The van der Waals surface area contributed by atoms with Crippen molar-refractivity contribution in [1.29, 1.82) is 0 Å². The Hall–Kier alpha value is -1.96. The molecule has 0 aliphatic rings. The Morgan fingerprint density at radius 2 is 1.89 bits per heavy atom. The summed E-state index contributed by atoms with van der Waals surface area (Å²) in [5.74, 6) is -0.248. The van der Waals surface area contributed by atoms with E-state index in [4.69, 9.17) is 0 Å². The lowest BCUT2D eigenvalue weighted by Crippen LogP contribution is -2.06. The summed E-state index contributed by atoms with van der Waals surface area (Å²) in [4.78, 5) is 4.32. The quantitative estimate of drug-likeness (QED) is 0.529. The molecule has 2 heteroatoms. The fourth-order valence-corrected chi connectivity index (χ4v) is 1.98. The molecule has 1 aromatic carbocycles. The highest BCUT2D eigenvalue weighted by molar-refractivity contribution is 6.13. The van der Waals surface area contributed by atoms with Crippen molar-refractivity contribution in [2.45, 2.75) is 20.3 Å². The summed E-state index contributed by atoms with van der Waals surface area (Å²) in [5, 5.41) is 0. The molecule has 0 amide bonds. The molecule has 1 nitrogen and oxygen atoms in total. The number of halogens is 1. The first kappa shape index (κ1) is 15.1. The minimum absolute atomic E-state index is 0.248. The molecule has 0 aliphatic carbocycles. The second-order valence-electron chi connectivity index (χ2n) is 4.27. The van der Waals surface area contributed by atoms with Gasteiger partial charge in [0.25, 0.3) is 0 Å². The highest BCUT2D eigenvalue weighted by atomic mass is 19.1. The molecule has 0 heterocycles. The van der Waals surface area contributed by atoms with Gasteiger partial charge in [-0.1, -0.05) is 38.3 Å². The van der Waals surface area contributed by atoms with Crippen LogP contribution in [0.5, 0.6) is 0 Å². The number of benzene rings is 1. The minimum Gasteiger partial charge on any atom is -0.292 e. The van der Waals surface area contributed by atoms with Crippen molar-refractivity contribution in [2.24, 2.45) is 4.99 Å². The summed E-state index contributed by atoms with van der Waals surface area (Å²) in [6.45, 7) is 12.0. The Labute approximate surface area is 114 Å². The summed E-state index contributed by atoms with van der Waals surface area (Å²) in [6.07, 6.45) is 2.61. The van der Waals surface area contributed by atoms with Gasteiger partial charge in [0.1, 0.15) is 5.82 Å². The lowest BCUT2D eigenvalue weighted by molar-refractivity contribution is 0.627. The zero-order chi connectivity index (χ0) is 14.4. The maximum absolute atomic E-state index is 13.0. The molecular weight excluding hydrogens is 237 g/mol. The van der Waals surface area contributed by atoms with Crippen molar-refractivity contribution in [3.63, 3.8) is 0 Å². The van der Waals surface area contributed by atoms with Crippen molar-refractivity contribution in [1.82, 2.24) is 0 Å². The third kappa shape index (κ3) is 3.50. The predicted molar refractivity (Wildman–Crippen MR) is 82.0 cm³/mol. The smallest absolute Gasteiger partial charge is 0.123 e. The molecule has 0 unspecified atom stereocenters. The van der Waals surface area contributed by atoms with Crippen LogP contribution in [0.4, 0.5) is 4.39 Å². The van der Waals surface area contributed by atoms with E-state index in [9.17, 15) is 4.39 Å². The molecule has 0 atom stereocenters.